The normalized spacial score (nSPS) is 14.4. The van der Waals surface area contributed by atoms with Gasteiger partial charge in [0.05, 0.1) is 0 Å². The maximum Gasteiger partial charge on any atom is 0.0465 e. The van der Waals surface area contributed by atoms with Gasteiger partial charge in [0, 0.05) is 18.6 Å². The van der Waals surface area contributed by atoms with Crippen LogP contribution in [0.2, 0.25) is 0 Å². The fraction of sp³-hybridized carbons (Fsp3) is 1.00. The van der Waals surface area contributed by atoms with Crippen molar-refractivity contribution < 1.29 is 4.74 Å². The molecule has 0 N–H and O–H groups in total. The third-order valence-corrected chi connectivity index (χ3v) is 3.26. The quantitative estimate of drug-likeness (QED) is 0.461. The van der Waals surface area contributed by atoms with Crippen LogP contribution in [0.15, 0.2) is 0 Å². The van der Waals surface area contributed by atoms with E-state index in [1.807, 2.05) is 6.92 Å². The first-order chi connectivity index (χ1) is 6.48. The molecule has 2 heteroatoms. The number of unbranched alkanes of at least 4 members (excludes halogenated alkanes) is 2. The number of hydrogen-bond donors (Lipinski definition) is 0. The molecule has 0 bridgehead atoms. The van der Waals surface area contributed by atoms with Crippen LogP contribution in [0.25, 0.3) is 0 Å². The van der Waals surface area contributed by atoms with Gasteiger partial charge < -0.3 is 4.74 Å². The Morgan fingerprint density at radius 3 is 2.29 bits per heavy atom. The molecule has 0 aliphatic rings. The smallest absolute Gasteiger partial charge is 0.0465 e. The Morgan fingerprint density at radius 1 is 1.14 bits per heavy atom. The molecule has 0 amide bonds. The molecule has 0 aliphatic carbocycles. The van der Waals surface area contributed by atoms with Crippen molar-refractivity contribution in [2.24, 2.45) is 5.41 Å². The van der Waals surface area contributed by atoms with Crippen molar-refractivity contribution in [3.63, 3.8) is 0 Å². The Kier molecular flexibility index (Phi) is 7.66. The second kappa shape index (κ2) is 7.53. The average Bonchev–Trinajstić information content (AvgIpc) is 2.09. The lowest BCUT2D eigenvalue weighted by molar-refractivity contribution is 0.142. The summed E-state index contributed by atoms with van der Waals surface area (Å²) in [6, 6.07) is 0. The van der Waals surface area contributed by atoms with Gasteiger partial charge in [-0.2, -0.15) is 0 Å². The summed E-state index contributed by atoms with van der Waals surface area (Å²) < 4.78 is 5.27. The third-order valence-electron chi connectivity index (χ3n) is 2.39. The molecule has 0 radical (unpaired) electrons. The molecule has 0 aliphatic heterocycles. The molecule has 0 aromatic heterocycles. The van der Waals surface area contributed by atoms with Crippen molar-refractivity contribution in [3.05, 3.63) is 0 Å². The first-order valence-corrected chi connectivity index (χ1v) is 6.14. The standard InChI is InChI=1S/C12H25ClO/c1-5-14-10-8-6-7-9-11(13)12(2,3)4/h11H,5-10H2,1-4H3. The van der Waals surface area contributed by atoms with Crippen LogP contribution in [-0.4, -0.2) is 18.6 Å². The zero-order valence-corrected chi connectivity index (χ0v) is 10.9. The Labute approximate surface area is 94.2 Å². The minimum Gasteiger partial charge on any atom is -0.382 e. The summed E-state index contributed by atoms with van der Waals surface area (Å²) in [5, 5.41) is 0.301. The molecule has 14 heavy (non-hydrogen) atoms. The first kappa shape index (κ1) is 14.2. The van der Waals surface area contributed by atoms with Gasteiger partial charge in [0.1, 0.15) is 0 Å². The highest BCUT2D eigenvalue weighted by molar-refractivity contribution is 6.21. The van der Waals surface area contributed by atoms with Gasteiger partial charge in [-0.05, 0) is 25.2 Å². The molecule has 0 fully saturated rings. The Bertz CT molecular complexity index is 129. The fourth-order valence-corrected chi connectivity index (χ4v) is 1.44. The van der Waals surface area contributed by atoms with Gasteiger partial charge in [0.2, 0.25) is 0 Å². The summed E-state index contributed by atoms with van der Waals surface area (Å²) in [6.07, 6.45) is 4.75. The molecular formula is C12H25ClO. The number of alkyl halides is 1. The van der Waals surface area contributed by atoms with Crippen LogP contribution in [0.3, 0.4) is 0 Å². The van der Waals surface area contributed by atoms with Gasteiger partial charge in [-0.1, -0.05) is 33.6 Å². The van der Waals surface area contributed by atoms with Gasteiger partial charge >= 0.3 is 0 Å². The average molecular weight is 221 g/mol. The summed E-state index contributed by atoms with van der Waals surface area (Å²) in [6.45, 7) is 10.4. The van der Waals surface area contributed by atoms with Gasteiger partial charge in [-0.25, -0.2) is 0 Å². The highest BCUT2D eigenvalue weighted by atomic mass is 35.5. The van der Waals surface area contributed by atoms with Crippen LogP contribution >= 0.6 is 11.6 Å². The Hall–Kier alpha value is 0.250. The number of hydrogen-bond acceptors (Lipinski definition) is 1. The summed E-state index contributed by atoms with van der Waals surface area (Å²) in [7, 11) is 0. The highest BCUT2D eigenvalue weighted by Gasteiger charge is 2.21. The van der Waals surface area contributed by atoms with Crippen molar-refractivity contribution in [1.29, 1.82) is 0 Å². The number of rotatable bonds is 7. The molecule has 1 atom stereocenters. The van der Waals surface area contributed by atoms with E-state index in [1.54, 1.807) is 0 Å². The predicted octanol–water partition coefficient (Wildman–Crippen LogP) is 4.24. The summed E-state index contributed by atoms with van der Waals surface area (Å²) in [5.74, 6) is 0. The zero-order chi connectivity index (χ0) is 11.0. The Morgan fingerprint density at radius 2 is 1.79 bits per heavy atom. The van der Waals surface area contributed by atoms with Gasteiger partial charge in [-0.3, -0.25) is 0 Å². The van der Waals surface area contributed by atoms with E-state index in [4.69, 9.17) is 16.3 Å². The molecule has 0 saturated heterocycles. The van der Waals surface area contributed by atoms with Crippen LogP contribution in [0.4, 0.5) is 0 Å². The summed E-state index contributed by atoms with van der Waals surface area (Å²) in [4.78, 5) is 0. The lowest BCUT2D eigenvalue weighted by Gasteiger charge is -2.24. The molecule has 0 aromatic carbocycles. The van der Waals surface area contributed by atoms with Crippen molar-refractivity contribution in [3.8, 4) is 0 Å². The van der Waals surface area contributed by atoms with Crippen LogP contribution in [0, 0.1) is 5.41 Å². The molecular weight excluding hydrogens is 196 g/mol. The minimum absolute atomic E-state index is 0.238. The largest absolute Gasteiger partial charge is 0.382 e. The van der Waals surface area contributed by atoms with Crippen LogP contribution in [0.1, 0.15) is 53.4 Å². The van der Waals surface area contributed by atoms with E-state index in [9.17, 15) is 0 Å². The van der Waals surface area contributed by atoms with E-state index in [0.29, 0.717) is 5.38 Å². The summed E-state index contributed by atoms with van der Waals surface area (Å²) in [5.41, 5.74) is 0.238. The van der Waals surface area contributed by atoms with E-state index >= 15 is 0 Å². The van der Waals surface area contributed by atoms with Gasteiger partial charge in [0.25, 0.3) is 0 Å². The first-order valence-electron chi connectivity index (χ1n) is 5.70. The Balaban J connectivity index is 3.28. The topological polar surface area (TPSA) is 9.23 Å². The van der Waals surface area contributed by atoms with Crippen molar-refractivity contribution in [2.75, 3.05) is 13.2 Å². The van der Waals surface area contributed by atoms with E-state index in [1.165, 1.54) is 19.3 Å². The van der Waals surface area contributed by atoms with Crippen LogP contribution in [-0.2, 0) is 4.74 Å². The van der Waals surface area contributed by atoms with Crippen molar-refractivity contribution in [2.45, 2.75) is 58.8 Å². The van der Waals surface area contributed by atoms with E-state index < -0.39 is 0 Å². The molecule has 1 nitrogen and oxygen atoms in total. The zero-order valence-electron chi connectivity index (χ0n) is 10.1. The van der Waals surface area contributed by atoms with E-state index in [-0.39, 0.29) is 5.41 Å². The van der Waals surface area contributed by atoms with Crippen molar-refractivity contribution in [1.82, 2.24) is 0 Å². The molecule has 0 spiro atoms. The maximum atomic E-state index is 6.27. The van der Waals surface area contributed by atoms with E-state index in [0.717, 1.165) is 19.6 Å². The SMILES string of the molecule is CCOCCCCCC(Cl)C(C)(C)C. The molecule has 1 unspecified atom stereocenters. The minimum atomic E-state index is 0.238. The van der Waals surface area contributed by atoms with Gasteiger partial charge in [0.15, 0.2) is 0 Å². The lowest BCUT2D eigenvalue weighted by atomic mass is 9.89. The van der Waals surface area contributed by atoms with Crippen molar-refractivity contribution >= 4 is 11.6 Å². The van der Waals surface area contributed by atoms with Crippen LogP contribution in [0.5, 0.6) is 0 Å². The molecule has 0 aromatic rings. The number of halogens is 1. The molecule has 0 rings (SSSR count). The molecule has 86 valence electrons. The maximum absolute atomic E-state index is 6.27. The lowest BCUT2D eigenvalue weighted by Crippen LogP contribution is -2.20. The summed E-state index contributed by atoms with van der Waals surface area (Å²) >= 11 is 6.27. The fourth-order valence-electron chi connectivity index (χ4n) is 1.28. The third kappa shape index (κ3) is 7.64. The van der Waals surface area contributed by atoms with Crippen LogP contribution < -0.4 is 0 Å². The predicted molar refractivity (Wildman–Crippen MR) is 64.1 cm³/mol. The molecule has 0 saturated carbocycles. The van der Waals surface area contributed by atoms with Gasteiger partial charge in [-0.15, -0.1) is 11.6 Å². The number of ether oxygens (including phenoxy) is 1. The monoisotopic (exact) mass is 220 g/mol. The molecule has 0 heterocycles. The van der Waals surface area contributed by atoms with E-state index in [2.05, 4.69) is 20.8 Å². The second-order valence-corrected chi connectivity index (χ2v) is 5.41. The highest BCUT2D eigenvalue weighted by Crippen LogP contribution is 2.28. The second-order valence-electron chi connectivity index (χ2n) is 4.88.